The van der Waals surface area contributed by atoms with Crippen LogP contribution in [0.1, 0.15) is 43.1 Å². The minimum Gasteiger partial charge on any atom is -0.449 e. The summed E-state index contributed by atoms with van der Waals surface area (Å²) >= 11 is 0. The summed E-state index contributed by atoms with van der Waals surface area (Å²) in [5, 5.41) is 2.75. The van der Waals surface area contributed by atoms with Gasteiger partial charge in [0, 0.05) is 12.2 Å². The monoisotopic (exact) mass is 292 g/mol. The van der Waals surface area contributed by atoms with Crippen LogP contribution in [0.5, 0.6) is 0 Å². The zero-order valence-electron chi connectivity index (χ0n) is 13.1. The molecular weight excluding hydrogens is 268 g/mol. The maximum Gasteiger partial charge on any atom is 0.341 e. The second-order valence-corrected chi connectivity index (χ2v) is 5.56. The molecule has 0 aliphatic carbocycles. The Morgan fingerprint density at radius 2 is 1.95 bits per heavy atom. The highest BCUT2D eigenvalue weighted by atomic mass is 16.5. The number of nitrogen functional groups attached to an aromatic ring is 1. The minimum atomic E-state index is -0.844. The predicted octanol–water partition coefficient (Wildman–Crippen LogP) is 2.28. The van der Waals surface area contributed by atoms with Crippen LogP contribution in [0.2, 0.25) is 0 Å². The molecule has 116 valence electrons. The van der Waals surface area contributed by atoms with Gasteiger partial charge in [-0.05, 0) is 37.8 Å². The molecule has 1 amide bonds. The van der Waals surface area contributed by atoms with E-state index in [1.165, 1.54) is 0 Å². The summed E-state index contributed by atoms with van der Waals surface area (Å²) < 4.78 is 5.19. The van der Waals surface area contributed by atoms with Crippen LogP contribution in [-0.2, 0) is 9.53 Å². The number of nitrogens with one attached hydrogen (secondary N) is 1. The van der Waals surface area contributed by atoms with Gasteiger partial charge in [0.25, 0.3) is 5.91 Å². The summed E-state index contributed by atoms with van der Waals surface area (Å²) in [6, 6.07) is 5.18. The van der Waals surface area contributed by atoms with Crippen molar-refractivity contribution in [2.24, 2.45) is 5.92 Å². The number of nitrogens with two attached hydrogens (primary N) is 1. The van der Waals surface area contributed by atoms with Crippen LogP contribution >= 0.6 is 0 Å². The fourth-order valence-corrected chi connectivity index (χ4v) is 1.87. The highest BCUT2D eigenvalue weighted by Gasteiger charge is 2.21. The molecule has 5 heteroatoms. The van der Waals surface area contributed by atoms with Crippen molar-refractivity contribution in [1.29, 1.82) is 0 Å². The van der Waals surface area contributed by atoms with E-state index in [0.717, 1.165) is 12.0 Å². The average Bonchev–Trinajstić information content (AvgIpc) is 2.37. The molecule has 1 unspecified atom stereocenters. The summed E-state index contributed by atoms with van der Waals surface area (Å²) in [5.41, 5.74) is 7.19. The molecule has 21 heavy (non-hydrogen) atoms. The average molecular weight is 292 g/mol. The molecule has 3 N–H and O–H groups in total. The van der Waals surface area contributed by atoms with Crippen molar-refractivity contribution in [2.45, 2.75) is 40.2 Å². The largest absolute Gasteiger partial charge is 0.449 e. The molecule has 0 aliphatic rings. The van der Waals surface area contributed by atoms with E-state index < -0.39 is 12.1 Å². The molecule has 5 nitrogen and oxygen atoms in total. The quantitative estimate of drug-likeness (QED) is 0.622. The highest BCUT2D eigenvalue weighted by molar-refractivity contribution is 5.98. The van der Waals surface area contributed by atoms with Crippen LogP contribution in [-0.4, -0.2) is 24.5 Å². The van der Waals surface area contributed by atoms with Crippen molar-refractivity contribution < 1.29 is 14.3 Å². The molecule has 0 spiro atoms. The Hall–Kier alpha value is -2.04. The molecule has 0 fully saturated rings. The van der Waals surface area contributed by atoms with Gasteiger partial charge in [-0.3, -0.25) is 4.79 Å². The number of hydrogen-bond donors (Lipinski definition) is 2. The van der Waals surface area contributed by atoms with E-state index in [4.69, 9.17) is 10.5 Å². The van der Waals surface area contributed by atoms with Gasteiger partial charge in [-0.25, -0.2) is 4.79 Å². The van der Waals surface area contributed by atoms with Crippen LogP contribution in [0.3, 0.4) is 0 Å². The van der Waals surface area contributed by atoms with Gasteiger partial charge in [0.05, 0.1) is 5.56 Å². The lowest BCUT2D eigenvalue weighted by Crippen LogP contribution is -2.36. The van der Waals surface area contributed by atoms with Crippen molar-refractivity contribution in [2.75, 3.05) is 12.3 Å². The lowest BCUT2D eigenvalue weighted by molar-refractivity contribution is -0.129. The maximum atomic E-state index is 12.1. The van der Waals surface area contributed by atoms with Crippen molar-refractivity contribution >= 4 is 17.6 Å². The Kier molecular flexibility index (Phi) is 6.21. The molecule has 1 atom stereocenters. The van der Waals surface area contributed by atoms with Crippen LogP contribution in [0.4, 0.5) is 5.69 Å². The number of amides is 1. The number of rotatable bonds is 6. The number of esters is 1. The molecular formula is C16H24N2O3. The van der Waals surface area contributed by atoms with Crippen molar-refractivity contribution in [1.82, 2.24) is 5.32 Å². The number of anilines is 1. The topological polar surface area (TPSA) is 81.4 Å². The fraction of sp³-hybridized carbons (Fsp3) is 0.500. The molecule has 1 aromatic rings. The number of benzene rings is 1. The van der Waals surface area contributed by atoms with Gasteiger partial charge in [-0.15, -0.1) is 0 Å². The first-order valence-electron chi connectivity index (χ1n) is 7.16. The van der Waals surface area contributed by atoms with Gasteiger partial charge in [-0.1, -0.05) is 26.0 Å². The SMILES string of the molecule is Cc1cccc(N)c1C(=O)OC(C)C(=O)NCCC(C)C. The van der Waals surface area contributed by atoms with E-state index in [-0.39, 0.29) is 5.91 Å². The van der Waals surface area contributed by atoms with Crippen LogP contribution in [0.25, 0.3) is 0 Å². The number of aryl methyl sites for hydroxylation is 1. The molecule has 0 bridgehead atoms. The lowest BCUT2D eigenvalue weighted by Gasteiger charge is -2.15. The standard InChI is InChI=1S/C16H24N2O3/c1-10(2)8-9-18-15(19)12(4)21-16(20)14-11(3)6-5-7-13(14)17/h5-7,10,12H,8-9,17H2,1-4H3,(H,18,19). The first-order valence-corrected chi connectivity index (χ1v) is 7.16. The first-order chi connectivity index (χ1) is 9.82. The van der Waals surface area contributed by atoms with Gasteiger partial charge in [-0.2, -0.15) is 0 Å². The number of ether oxygens (including phenoxy) is 1. The van der Waals surface area contributed by atoms with Gasteiger partial charge < -0.3 is 15.8 Å². The van der Waals surface area contributed by atoms with E-state index >= 15 is 0 Å². The summed E-state index contributed by atoms with van der Waals surface area (Å²) in [4.78, 5) is 23.9. The van der Waals surface area contributed by atoms with E-state index in [9.17, 15) is 9.59 Å². The van der Waals surface area contributed by atoms with E-state index in [0.29, 0.717) is 23.7 Å². The molecule has 0 radical (unpaired) electrons. The Bertz CT molecular complexity index is 492. The van der Waals surface area contributed by atoms with E-state index in [2.05, 4.69) is 19.2 Å². The van der Waals surface area contributed by atoms with Crippen LogP contribution in [0.15, 0.2) is 18.2 Å². The molecule has 1 rings (SSSR count). The summed E-state index contributed by atoms with van der Waals surface area (Å²) in [7, 11) is 0. The summed E-state index contributed by atoms with van der Waals surface area (Å²) in [6.45, 7) is 8.06. The van der Waals surface area contributed by atoms with Gasteiger partial charge in [0.15, 0.2) is 6.10 Å². The first kappa shape index (κ1) is 17.0. The van der Waals surface area contributed by atoms with Gasteiger partial charge in [0.2, 0.25) is 0 Å². The minimum absolute atomic E-state index is 0.295. The number of carbonyl (C=O) groups is 2. The molecule has 0 aromatic heterocycles. The van der Waals surface area contributed by atoms with E-state index in [1.807, 2.05) is 0 Å². The zero-order valence-corrected chi connectivity index (χ0v) is 13.1. The molecule has 0 saturated carbocycles. The second-order valence-electron chi connectivity index (χ2n) is 5.56. The third-order valence-electron chi connectivity index (χ3n) is 3.18. The van der Waals surface area contributed by atoms with E-state index in [1.54, 1.807) is 32.0 Å². The summed E-state index contributed by atoms with van der Waals surface area (Å²) in [6.07, 6.45) is 0.0422. The Morgan fingerprint density at radius 3 is 2.52 bits per heavy atom. The molecule has 0 saturated heterocycles. The number of carbonyl (C=O) groups excluding carboxylic acids is 2. The highest BCUT2D eigenvalue weighted by Crippen LogP contribution is 2.18. The predicted molar refractivity (Wildman–Crippen MR) is 82.9 cm³/mol. The Labute approximate surface area is 125 Å². The van der Waals surface area contributed by atoms with Gasteiger partial charge in [0.1, 0.15) is 0 Å². The Morgan fingerprint density at radius 1 is 1.29 bits per heavy atom. The fourth-order valence-electron chi connectivity index (χ4n) is 1.87. The second kappa shape index (κ2) is 7.67. The maximum absolute atomic E-state index is 12.1. The van der Waals surface area contributed by atoms with Crippen LogP contribution < -0.4 is 11.1 Å². The molecule has 0 heterocycles. The van der Waals surface area contributed by atoms with Crippen molar-refractivity contribution in [3.63, 3.8) is 0 Å². The zero-order chi connectivity index (χ0) is 16.0. The third kappa shape index (κ3) is 5.10. The van der Waals surface area contributed by atoms with Crippen LogP contribution in [0, 0.1) is 12.8 Å². The van der Waals surface area contributed by atoms with Crippen molar-refractivity contribution in [3.8, 4) is 0 Å². The normalized spacial score (nSPS) is 12.0. The Balaban J connectivity index is 2.60. The van der Waals surface area contributed by atoms with Gasteiger partial charge >= 0.3 is 5.97 Å². The molecule has 1 aromatic carbocycles. The molecule has 0 aliphatic heterocycles. The third-order valence-corrected chi connectivity index (χ3v) is 3.18. The summed E-state index contributed by atoms with van der Waals surface area (Å²) in [5.74, 6) is -0.358. The smallest absolute Gasteiger partial charge is 0.341 e. The van der Waals surface area contributed by atoms with Crippen molar-refractivity contribution in [3.05, 3.63) is 29.3 Å². The lowest BCUT2D eigenvalue weighted by atomic mass is 10.1. The number of hydrogen-bond acceptors (Lipinski definition) is 4.